The molecule has 4 aliphatic rings. The van der Waals surface area contributed by atoms with Crippen LogP contribution in [-0.4, -0.2) is 11.2 Å². The molecule has 0 radical (unpaired) electrons. The second-order valence-electron chi connectivity index (χ2n) is 8.36. The molecule has 0 amide bonds. The number of aliphatic hydroxyl groups is 1. The number of hydrogen-bond acceptors (Lipinski definition) is 1. The van der Waals surface area contributed by atoms with Crippen LogP contribution in [0.25, 0.3) is 0 Å². The summed E-state index contributed by atoms with van der Waals surface area (Å²) in [5, 5.41) is 9.99. The zero-order chi connectivity index (χ0) is 14.0. The standard InChI is InChI=1S/C19H28O/c1-18-9-3-4-16(18)15-6-5-13-12-14(20)7-11-19(13,2)17(15)8-10-18/h5-6,14,16-17,20H,3-4,7-12H2,1-2H3/t14-,16?,17?,18-,19-/m0/s1. The summed E-state index contributed by atoms with van der Waals surface area (Å²) in [6.45, 7) is 5.02. The first-order valence-corrected chi connectivity index (χ1v) is 8.62. The summed E-state index contributed by atoms with van der Waals surface area (Å²) in [4.78, 5) is 0. The number of aliphatic hydroxyl groups excluding tert-OH is 1. The van der Waals surface area contributed by atoms with Gasteiger partial charge in [0.15, 0.2) is 0 Å². The average Bonchev–Trinajstić information content (AvgIpc) is 2.81. The van der Waals surface area contributed by atoms with Gasteiger partial charge < -0.3 is 5.11 Å². The molecule has 0 aromatic rings. The summed E-state index contributed by atoms with van der Waals surface area (Å²) in [5.41, 5.74) is 4.26. The number of rotatable bonds is 0. The van der Waals surface area contributed by atoms with E-state index in [0.717, 1.165) is 24.7 Å². The fourth-order valence-corrected chi connectivity index (χ4v) is 5.97. The molecule has 4 rings (SSSR count). The highest BCUT2D eigenvalue weighted by molar-refractivity contribution is 5.38. The van der Waals surface area contributed by atoms with Crippen LogP contribution >= 0.6 is 0 Å². The molecular formula is C19H28O. The molecule has 3 saturated carbocycles. The highest BCUT2D eigenvalue weighted by atomic mass is 16.3. The first-order valence-electron chi connectivity index (χ1n) is 8.62. The zero-order valence-electron chi connectivity index (χ0n) is 13.0. The lowest BCUT2D eigenvalue weighted by atomic mass is 9.51. The fraction of sp³-hybridized carbons (Fsp3) is 0.789. The van der Waals surface area contributed by atoms with E-state index in [-0.39, 0.29) is 6.10 Å². The first kappa shape index (κ1) is 13.1. The summed E-state index contributed by atoms with van der Waals surface area (Å²) in [6, 6.07) is 0. The Bertz CT molecular complexity index is 488. The van der Waals surface area contributed by atoms with Gasteiger partial charge in [-0.1, -0.05) is 43.6 Å². The van der Waals surface area contributed by atoms with Crippen molar-refractivity contribution >= 4 is 0 Å². The van der Waals surface area contributed by atoms with Gasteiger partial charge in [-0.3, -0.25) is 0 Å². The van der Waals surface area contributed by atoms with E-state index in [0.29, 0.717) is 10.8 Å². The lowest BCUT2D eigenvalue weighted by Gasteiger charge is -2.53. The fourth-order valence-electron chi connectivity index (χ4n) is 5.97. The second kappa shape index (κ2) is 4.22. The van der Waals surface area contributed by atoms with Crippen molar-refractivity contribution in [2.24, 2.45) is 22.7 Å². The van der Waals surface area contributed by atoms with Gasteiger partial charge in [0.25, 0.3) is 0 Å². The van der Waals surface area contributed by atoms with E-state index in [9.17, 15) is 5.11 Å². The van der Waals surface area contributed by atoms with Crippen LogP contribution in [0, 0.1) is 22.7 Å². The Morgan fingerprint density at radius 3 is 2.70 bits per heavy atom. The molecular weight excluding hydrogens is 244 g/mol. The summed E-state index contributed by atoms with van der Waals surface area (Å²) in [7, 11) is 0. The van der Waals surface area contributed by atoms with Crippen LogP contribution in [0.15, 0.2) is 23.3 Å². The topological polar surface area (TPSA) is 20.2 Å². The van der Waals surface area contributed by atoms with E-state index in [4.69, 9.17) is 0 Å². The SMILES string of the molecule is C[C@@]12CCCC1C1=CC=C3C[C@@H](O)CC[C@]3(C)C1CC2. The highest BCUT2D eigenvalue weighted by Gasteiger charge is 2.52. The van der Waals surface area contributed by atoms with Gasteiger partial charge in [-0.2, -0.15) is 0 Å². The number of hydrogen-bond donors (Lipinski definition) is 1. The molecule has 0 bridgehead atoms. The van der Waals surface area contributed by atoms with Crippen LogP contribution in [0.1, 0.15) is 65.2 Å². The Morgan fingerprint density at radius 1 is 1.00 bits per heavy atom. The summed E-state index contributed by atoms with van der Waals surface area (Å²) in [5.74, 6) is 1.62. The van der Waals surface area contributed by atoms with Crippen molar-refractivity contribution in [3.05, 3.63) is 23.3 Å². The van der Waals surface area contributed by atoms with Gasteiger partial charge in [0.1, 0.15) is 0 Å². The average molecular weight is 272 g/mol. The van der Waals surface area contributed by atoms with Crippen molar-refractivity contribution in [3.8, 4) is 0 Å². The van der Waals surface area contributed by atoms with E-state index in [1.165, 1.54) is 44.1 Å². The van der Waals surface area contributed by atoms with Gasteiger partial charge in [-0.05, 0) is 67.6 Å². The van der Waals surface area contributed by atoms with E-state index in [1.807, 2.05) is 0 Å². The molecule has 110 valence electrons. The minimum atomic E-state index is -0.0930. The van der Waals surface area contributed by atoms with Crippen molar-refractivity contribution in [1.82, 2.24) is 0 Å². The molecule has 0 aromatic carbocycles. The van der Waals surface area contributed by atoms with Crippen LogP contribution in [0.2, 0.25) is 0 Å². The van der Waals surface area contributed by atoms with Gasteiger partial charge in [0.2, 0.25) is 0 Å². The van der Waals surface area contributed by atoms with Crippen LogP contribution in [0.4, 0.5) is 0 Å². The minimum Gasteiger partial charge on any atom is -0.393 e. The minimum absolute atomic E-state index is 0.0930. The Hall–Kier alpha value is -0.560. The molecule has 4 aliphatic carbocycles. The van der Waals surface area contributed by atoms with Crippen LogP contribution in [0.3, 0.4) is 0 Å². The normalized spacial score (nSPS) is 50.6. The molecule has 1 N–H and O–H groups in total. The third kappa shape index (κ3) is 1.65. The molecule has 3 fully saturated rings. The number of fused-ring (bicyclic) bond motifs is 5. The largest absolute Gasteiger partial charge is 0.393 e. The van der Waals surface area contributed by atoms with Gasteiger partial charge in [-0.15, -0.1) is 0 Å². The lowest BCUT2D eigenvalue weighted by molar-refractivity contribution is 0.0585. The Balaban J connectivity index is 1.74. The predicted octanol–water partition coefficient (Wildman–Crippen LogP) is 4.62. The molecule has 1 nitrogen and oxygen atoms in total. The summed E-state index contributed by atoms with van der Waals surface area (Å²) < 4.78 is 0. The van der Waals surface area contributed by atoms with Gasteiger partial charge in [0, 0.05) is 0 Å². The van der Waals surface area contributed by atoms with Crippen LogP contribution in [0.5, 0.6) is 0 Å². The maximum absolute atomic E-state index is 9.99. The molecule has 0 heterocycles. The monoisotopic (exact) mass is 272 g/mol. The van der Waals surface area contributed by atoms with Gasteiger partial charge >= 0.3 is 0 Å². The maximum Gasteiger partial charge on any atom is 0.0578 e. The summed E-state index contributed by atoms with van der Waals surface area (Å²) >= 11 is 0. The van der Waals surface area contributed by atoms with Gasteiger partial charge in [-0.25, -0.2) is 0 Å². The molecule has 0 spiro atoms. The van der Waals surface area contributed by atoms with Crippen molar-refractivity contribution in [3.63, 3.8) is 0 Å². The first-order chi connectivity index (χ1) is 9.53. The Labute approximate surface area is 123 Å². The van der Waals surface area contributed by atoms with E-state index in [1.54, 1.807) is 5.57 Å². The van der Waals surface area contributed by atoms with Crippen LogP contribution in [-0.2, 0) is 0 Å². The predicted molar refractivity (Wildman–Crippen MR) is 82.3 cm³/mol. The maximum atomic E-state index is 9.99. The molecule has 5 atom stereocenters. The third-order valence-corrected chi connectivity index (χ3v) is 7.32. The van der Waals surface area contributed by atoms with Crippen molar-refractivity contribution in [1.29, 1.82) is 0 Å². The van der Waals surface area contributed by atoms with E-state index < -0.39 is 0 Å². The number of allylic oxidation sites excluding steroid dienone is 3. The second-order valence-corrected chi connectivity index (χ2v) is 8.36. The molecule has 2 unspecified atom stereocenters. The molecule has 1 heteroatoms. The highest BCUT2D eigenvalue weighted by Crippen LogP contribution is 2.63. The van der Waals surface area contributed by atoms with Crippen molar-refractivity contribution in [2.45, 2.75) is 71.3 Å². The molecule has 0 saturated heterocycles. The Morgan fingerprint density at radius 2 is 1.85 bits per heavy atom. The molecule has 0 aliphatic heterocycles. The van der Waals surface area contributed by atoms with Crippen LogP contribution < -0.4 is 0 Å². The molecule has 0 aromatic heterocycles. The zero-order valence-corrected chi connectivity index (χ0v) is 13.0. The lowest BCUT2D eigenvalue weighted by Crippen LogP contribution is -2.44. The summed E-state index contributed by atoms with van der Waals surface area (Å²) in [6.07, 6.45) is 14.9. The third-order valence-electron chi connectivity index (χ3n) is 7.32. The Kier molecular flexibility index (Phi) is 2.77. The van der Waals surface area contributed by atoms with Crippen molar-refractivity contribution in [2.75, 3.05) is 0 Å². The van der Waals surface area contributed by atoms with Gasteiger partial charge in [0.05, 0.1) is 6.10 Å². The van der Waals surface area contributed by atoms with E-state index >= 15 is 0 Å². The van der Waals surface area contributed by atoms with E-state index in [2.05, 4.69) is 26.0 Å². The molecule has 20 heavy (non-hydrogen) atoms. The smallest absolute Gasteiger partial charge is 0.0578 e. The quantitative estimate of drug-likeness (QED) is 0.682. The van der Waals surface area contributed by atoms with Crippen molar-refractivity contribution < 1.29 is 5.11 Å².